The summed E-state index contributed by atoms with van der Waals surface area (Å²) in [6.45, 7) is 3.00. The van der Waals surface area contributed by atoms with Crippen LogP contribution in [0.15, 0.2) is 53.4 Å². The van der Waals surface area contributed by atoms with Crippen LogP contribution in [0.25, 0.3) is 0 Å². The molecule has 1 saturated heterocycles. The zero-order valence-corrected chi connectivity index (χ0v) is 13.9. The maximum absolute atomic E-state index is 13.3. The van der Waals surface area contributed by atoms with Crippen LogP contribution in [0.2, 0.25) is 0 Å². The summed E-state index contributed by atoms with van der Waals surface area (Å²) >= 11 is 0. The van der Waals surface area contributed by atoms with Gasteiger partial charge in [0.2, 0.25) is 10.0 Å². The van der Waals surface area contributed by atoms with E-state index in [1.165, 1.54) is 18.2 Å². The Kier molecular flexibility index (Phi) is 5.13. The Morgan fingerprint density at radius 1 is 1.08 bits per heavy atom. The minimum absolute atomic E-state index is 0.0775. The van der Waals surface area contributed by atoms with Gasteiger partial charge in [0.1, 0.15) is 5.82 Å². The Morgan fingerprint density at radius 3 is 2.58 bits per heavy atom. The molecule has 128 valence electrons. The van der Waals surface area contributed by atoms with Crippen LogP contribution in [0.4, 0.5) is 10.1 Å². The number of nitrogens with one attached hydrogen (secondary N) is 1. The normalized spacial score (nSPS) is 15.5. The van der Waals surface area contributed by atoms with Crippen molar-refractivity contribution in [2.75, 3.05) is 31.2 Å². The molecule has 0 atom stereocenters. The minimum atomic E-state index is -3.76. The Morgan fingerprint density at radius 2 is 1.83 bits per heavy atom. The third-order valence-corrected chi connectivity index (χ3v) is 5.30. The smallest absolute Gasteiger partial charge is 0.240 e. The second-order valence-corrected chi connectivity index (χ2v) is 7.28. The number of ether oxygens (including phenoxy) is 1. The van der Waals surface area contributed by atoms with Gasteiger partial charge in [-0.3, -0.25) is 0 Å². The molecule has 0 bridgehead atoms. The van der Waals surface area contributed by atoms with E-state index in [1.807, 2.05) is 24.3 Å². The predicted molar refractivity (Wildman–Crippen MR) is 89.9 cm³/mol. The summed E-state index contributed by atoms with van der Waals surface area (Å²) in [4.78, 5) is 2.10. The van der Waals surface area contributed by atoms with Crippen LogP contribution in [0.5, 0.6) is 0 Å². The fourth-order valence-electron chi connectivity index (χ4n) is 2.66. The molecule has 5 nitrogen and oxygen atoms in total. The number of para-hydroxylation sites is 1. The number of nitrogens with zero attached hydrogens (tertiary/aromatic N) is 1. The second-order valence-electron chi connectivity index (χ2n) is 5.51. The number of sulfonamides is 1. The summed E-state index contributed by atoms with van der Waals surface area (Å²) in [5.41, 5.74) is 1.86. The summed E-state index contributed by atoms with van der Waals surface area (Å²) < 4.78 is 45.8. The number of rotatable bonds is 5. The third-order valence-electron chi connectivity index (χ3n) is 3.90. The highest BCUT2D eigenvalue weighted by molar-refractivity contribution is 7.89. The van der Waals surface area contributed by atoms with Gasteiger partial charge in [0.15, 0.2) is 0 Å². The van der Waals surface area contributed by atoms with E-state index in [-0.39, 0.29) is 11.4 Å². The van der Waals surface area contributed by atoms with E-state index in [2.05, 4.69) is 9.62 Å². The first kappa shape index (κ1) is 16.9. The van der Waals surface area contributed by atoms with Crippen LogP contribution >= 0.6 is 0 Å². The van der Waals surface area contributed by atoms with E-state index in [4.69, 9.17) is 4.74 Å². The van der Waals surface area contributed by atoms with Gasteiger partial charge in [0.25, 0.3) is 0 Å². The maximum Gasteiger partial charge on any atom is 0.240 e. The van der Waals surface area contributed by atoms with Crippen molar-refractivity contribution in [1.29, 1.82) is 0 Å². The van der Waals surface area contributed by atoms with E-state index in [0.29, 0.717) is 13.2 Å². The molecule has 0 unspecified atom stereocenters. The fourth-order valence-corrected chi connectivity index (χ4v) is 3.70. The van der Waals surface area contributed by atoms with Crippen molar-refractivity contribution in [3.63, 3.8) is 0 Å². The number of benzene rings is 2. The summed E-state index contributed by atoms with van der Waals surface area (Å²) in [6, 6.07) is 12.6. The van der Waals surface area contributed by atoms with E-state index in [9.17, 15) is 12.8 Å². The first-order valence-corrected chi connectivity index (χ1v) is 9.20. The number of hydrogen-bond donors (Lipinski definition) is 1. The molecule has 2 aromatic carbocycles. The summed E-state index contributed by atoms with van der Waals surface area (Å²) in [5, 5.41) is 0. The van der Waals surface area contributed by atoms with Crippen LogP contribution < -0.4 is 9.62 Å². The predicted octanol–water partition coefficient (Wildman–Crippen LogP) is 2.14. The van der Waals surface area contributed by atoms with Gasteiger partial charge in [-0.25, -0.2) is 17.5 Å². The molecule has 1 heterocycles. The molecule has 3 rings (SSSR count). The van der Waals surface area contributed by atoms with Gasteiger partial charge < -0.3 is 9.64 Å². The van der Waals surface area contributed by atoms with Crippen molar-refractivity contribution in [2.24, 2.45) is 0 Å². The van der Waals surface area contributed by atoms with E-state index in [1.54, 1.807) is 0 Å². The molecule has 0 amide bonds. The Balaban J connectivity index is 1.77. The highest BCUT2D eigenvalue weighted by Gasteiger charge is 2.18. The lowest BCUT2D eigenvalue weighted by atomic mass is 10.1. The highest BCUT2D eigenvalue weighted by Crippen LogP contribution is 2.22. The van der Waals surface area contributed by atoms with Gasteiger partial charge in [-0.2, -0.15) is 0 Å². The summed E-state index contributed by atoms with van der Waals surface area (Å²) in [6.07, 6.45) is 0. The molecule has 1 fully saturated rings. The molecule has 24 heavy (non-hydrogen) atoms. The number of hydrogen-bond acceptors (Lipinski definition) is 4. The molecular formula is C17H19FN2O3S. The first-order valence-electron chi connectivity index (χ1n) is 7.72. The molecule has 7 heteroatoms. The van der Waals surface area contributed by atoms with Crippen molar-refractivity contribution in [1.82, 2.24) is 4.72 Å². The average molecular weight is 350 g/mol. The lowest BCUT2D eigenvalue weighted by Gasteiger charge is -2.30. The van der Waals surface area contributed by atoms with Crippen LogP contribution in [-0.4, -0.2) is 34.7 Å². The van der Waals surface area contributed by atoms with Gasteiger partial charge in [-0.05, 0) is 29.8 Å². The van der Waals surface area contributed by atoms with Crippen molar-refractivity contribution in [2.45, 2.75) is 11.4 Å². The lowest BCUT2D eigenvalue weighted by molar-refractivity contribution is 0.122. The monoisotopic (exact) mass is 350 g/mol. The topological polar surface area (TPSA) is 58.6 Å². The molecule has 2 aromatic rings. The second kappa shape index (κ2) is 7.29. The highest BCUT2D eigenvalue weighted by atomic mass is 32.2. The van der Waals surface area contributed by atoms with Gasteiger partial charge in [-0.15, -0.1) is 0 Å². The molecule has 1 N–H and O–H groups in total. The Hall–Kier alpha value is -1.96. The van der Waals surface area contributed by atoms with E-state index < -0.39 is 15.8 Å². The van der Waals surface area contributed by atoms with Crippen molar-refractivity contribution in [3.8, 4) is 0 Å². The summed E-state index contributed by atoms with van der Waals surface area (Å²) in [5.74, 6) is -0.577. The van der Waals surface area contributed by atoms with E-state index >= 15 is 0 Å². The zero-order chi connectivity index (χ0) is 17.0. The third kappa shape index (κ3) is 3.92. The van der Waals surface area contributed by atoms with Crippen LogP contribution in [0.1, 0.15) is 5.56 Å². The largest absolute Gasteiger partial charge is 0.378 e. The van der Waals surface area contributed by atoms with Crippen LogP contribution in [0, 0.1) is 5.82 Å². The van der Waals surface area contributed by atoms with Gasteiger partial charge in [0.05, 0.1) is 18.1 Å². The van der Waals surface area contributed by atoms with Crippen LogP contribution in [0.3, 0.4) is 0 Å². The molecule has 0 radical (unpaired) electrons. The molecule has 0 spiro atoms. The van der Waals surface area contributed by atoms with E-state index in [0.717, 1.165) is 30.4 Å². The number of halogens is 1. The van der Waals surface area contributed by atoms with Crippen molar-refractivity contribution in [3.05, 3.63) is 59.9 Å². The molecule has 0 aromatic heterocycles. The maximum atomic E-state index is 13.3. The Bertz CT molecular complexity index is 805. The van der Waals surface area contributed by atoms with Crippen molar-refractivity contribution >= 4 is 15.7 Å². The average Bonchev–Trinajstić information content (AvgIpc) is 2.61. The quantitative estimate of drug-likeness (QED) is 0.898. The van der Waals surface area contributed by atoms with Gasteiger partial charge in [-0.1, -0.05) is 24.3 Å². The zero-order valence-electron chi connectivity index (χ0n) is 13.1. The van der Waals surface area contributed by atoms with Gasteiger partial charge in [0, 0.05) is 25.3 Å². The SMILES string of the molecule is O=S(=O)(NCc1ccccc1N1CCOCC1)c1cccc(F)c1. The summed E-state index contributed by atoms with van der Waals surface area (Å²) in [7, 11) is -3.76. The molecule has 1 aliphatic heterocycles. The van der Waals surface area contributed by atoms with Crippen molar-refractivity contribution < 1.29 is 17.5 Å². The van der Waals surface area contributed by atoms with Gasteiger partial charge >= 0.3 is 0 Å². The lowest BCUT2D eigenvalue weighted by Crippen LogP contribution is -2.37. The number of morpholine rings is 1. The molecule has 0 aliphatic carbocycles. The fraction of sp³-hybridized carbons (Fsp3) is 0.294. The molecule has 1 aliphatic rings. The number of anilines is 1. The minimum Gasteiger partial charge on any atom is -0.378 e. The molecular weight excluding hydrogens is 331 g/mol. The Labute approximate surface area is 141 Å². The standard InChI is InChI=1S/C17H19FN2O3S/c18-15-5-3-6-16(12-15)24(21,22)19-13-14-4-1-2-7-17(14)20-8-10-23-11-9-20/h1-7,12,19H,8-11,13H2. The first-order chi connectivity index (χ1) is 11.6. The molecule has 0 saturated carbocycles. The van der Waals surface area contributed by atoms with Crippen LogP contribution in [-0.2, 0) is 21.3 Å².